The van der Waals surface area contributed by atoms with Crippen molar-refractivity contribution in [3.8, 4) is 0 Å². The molecule has 0 saturated heterocycles. The summed E-state index contributed by atoms with van der Waals surface area (Å²) in [6.07, 6.45) is 2.41. The van der Waals surface area contributed by atoms with Crippen LogP contribution in [0.4, 0.5) is 8.78 Å². The average molecular weight is 225 g/mol. The van der Waals surface area contributed by atoms with Gasteiger partial charge in [-0.2, -0.15) is 0 Å². The lowest BCUT2D eigenvalue weighted by atomic mass is 9.90. The highest BCUT2D eigenvalue weighted by atomic mass is 19.1. The molecule has 2 rings (SSSR count). The number of rotatable bonds is 4. The molecule has 1 aromatic carbocycles. The van der Waals surface area contributed by atoms with Crippen LogP contribution in [-0.4, -0.2) is 7.05 Å². The number of halogens is 2. The standard InChI is InChI=1S/C13H17F2N/c1-8(9-3-4-9)13(16-2)11-7-10(14)5-6-12(11)15/h5-9,13,16H,3-4H2,1-2H3. The van der Waals surface area contributed by atoms with Gasteiger partial charge in [-0.25, -0.2) is 8.78 Å². The summed E-state index contributed by atoms with van der Waals surface area (Å²) in [5.41, 5.74) is 0.446. The highest BCUT2D eigenvalue weighted by Gasteiger charge is 2.34. The fourth-order valence-corrected chi connectivity index (χ4v) is 2.35. The van der Waals surface area contributed by atoms with Crippen LogP contribution in [-0.2, 0) is 0 Å². The second-order valence-corrected chi connectivity index (χ2v) is 4.63. The number of nitrogens with one attached hydrogen (secondary N) is 1. The van der Waals surface area contributed by atoms with Gasteiger partial charge in [0.15, 0.2) is 0 Å². The van der Waals surface area contributed by atoms with Crippen LogP contribution >= 0.6 is 0 Å². The molecular weight excluding hydrogens is 208 g/mol. The van der Waals surface area contributed by atoms with Crippen molar-refractivity contribution in [1.29, 1.82) is 0 Å². The monoisotopic (exact) mass is 225 g/mol. The fraction of sp³-hybridized carbons (Fsp3) is 0.538. The van der Waals surface area contributed by atoms with Gasteiger partial charge in [-0.05, 0) is 49.9 Å². The molecule has 16 heavy (non-hydrogen) atoms. The number of benzene rings is 1. The molecule has 0 aliphatic heterocycles. The van der Waals surface area contributed by atoms with Gasteiger partial charge in [-0.1, -0.05) is 6.92 Å². The lowest BCUT2D eigenvalue weighted by Gasteiger charge is -2.24. The van der Waals surface area contributed by atoms with Gasteiger partial charge in [0.2, 0.25) is 0 Å². The maximum Gasteiger partial charge on any atom is 0.128 e. The lowest BCUT2D eigenvalue weighted by molar-refractivity contribution is 0.357. The Hall–Kier alpha value is -0.960. The van der Waals surface area contributed by atoms with Gasteiger partial charge in [-0.3, -0.25) is 0 Å². The van der Waals surface area contributed by atoms with Crippen LogP contribution in [0.1, 0.15) is 31.4 Å². The van der Waals surface area contributed by atoms with Crippen LogP contribution in [0.15, 0.2) is 18.2 Å². The van der Waals surface area contributed by atoms with E-state index in [9.17, 15) is 8.78 Å². The molecule has 1 N–H and O–H groups in total. The Morgan fingerprint density at radius 3 is 2.56 bits per heavy atom. The van der Waals surface area contributed by atoms with Gasteiger partial charge in [-0.15, -0.1) is 0 Å². The summed E-state index contributed by atoms with van der Waals surface area (Å²) < 4.78 is 26.8. The first-order valence-electron chi connectivity index (χ1n) is 5.75. The Bertz CT molecular complexity index is 374. The molecule has 0 aromatic heterocycles. The van der Waals surface area contributed by atoms with Gasteiger partial charge in [0.05, 0.1) is 0 Å². The van der Waals surface area contributed by atoms with Gasteiger partial charge < -0.3 is 5.32 Å². The second kappa shape index (κ2) is 4.50. The van der Waals surface area contributed by atoms with Crippen LogP contribution in [0.3, 0.4) is 0 Å². The fourth-order valence-electron chi connectivity index (χ4n) is 2.35. The second-order valence-electron chi connectivity index (χ2n) is 4.63. The molecule has 3 heteroatoms. The van der Waals surface area contributed by atoms with Crippen molar-refractivity contribution in [1.82, 2.24) is 5.32 Å². The topological polar surface area (TPSA) is 12.0 Å². The SMILES string of the molecule is CNC(c1cc(F)ccc1F)C(C)C1CC1. The predicted octanol–water partition coefficient (Wildman–Crippen LogP) is 3.27. The predicted molar refractivity (Wildman–Crippen MR) is 60.0 cm³/mol. The van der Waals surface area contributed by atoms with E-state index in [-0.39, 0.29) is 17.7 Å². The molecule has 0 amide bonds. The van der Waals surface area contributed by atoms with Crippen LogP contribution in [0.25, 0.3) is 0 Å². The van der Waals surface area contributed by atoms with Crippen molar-refractivity contribution >= 4 is 0 Å². The summed E-state index contributed by atoms with van der Waals surface area (Å²) in [4.78, 5) is 0. The summed E-state index contributed by atoms with van der Waals surface area (Å²) in [5.74, 6) is 0.300. The summed E-state index contributed by atoms with van der Waals surface area (Å²) in [6.45, 7) is 2.10. The van der Waals surface area contributed by atoms with Crippen molar-refractivity contribution in [3.63, 3.8) is 0 Å². The highest BCUT2D eigenvalue weighted by molar-refractivity contribution is 5.23. The van der Waals surface area contributed by atoms with E-state index in [0.717, 1.165) is 6.07 Å². The van der Waals surface area contributed by atoms with E-state index in [1.165, 1.54) is 25.0 Å². The van der Waals surface area contributed by atoms with Crippen molar-refractivity contribution in [2.45, 2.75) is 25.8 Å². The zero-order valence-electron chi connectivity index (χ0n) is 9.63. The molecule has 0 heterocycles. The summed E-state index contributed by atoms with van der Waals surface area (Å²) >= 11 is 0. The molecule has 1 saturated carbocycles. The minimum absolute atomic E-state index is 0.0943. The van der Waals surface area contributed by atoms with E-state index in [4.69, 9.17) is 0 Å². The summed E-state index contributed by atoms with van der Waals surface area (Å²) in [6, 6.07) is 3.57. The molecule has 2 unspecified atom stereocenters. The molecule has 1 fully saturated rings. The van der Waals surface area contributed by atoms with Crippen LogP contribution < -0.4 is 5.32 Å². The molecule has 2 atom stereocenters. The third kappa shape index (κ3) is 2.24. The first kappa shape index (κ1) is 11.5. The van der Waals surface area contributed by atoms with E-state index in [2.05, 4.69) is 12.2 Å². The summed E-state index contributed by atoms with van der Waals surface area (Å²) in [7, 11) is 1.80. The smallest absolute Gasteiger partial charge is 0.128 e. The Kier molecular flexibility index (Phi) is 3.24. The molecule has 0 bridgehead atoms. The number of hydrogen-bond donors (Lipinski definition) is 1. The quantitative estimate of drug-likeness (QED) is 0.829. The van der Waals surface area contributed by atoms with Crippen LogP contribution in [0.5, 0.6) is 0 Å². The van der Waals surface area contributed by atoms with Crippen LogP contribution in [0, 0.1) is 23.5 Å². The van der Waals surface area contributed by atoms with E-state index >= 15 is 0 Å². The van der Waals surface area contributed by atoms with Gasteiger partial charge in [0.25, 0.3) is 0 Å². The molecular formula is C13H17F2N. The number of hydrogen-bond acceptors (Lipinski definition) is 1. The first-order chi connectivity index (χ1) is 7.63. The summed E-state index contributed by atoms with van der Waals surface area (Å²) in [5, 5.41) is 3.10. The molecule has 0 radical (unpaired) electrons. The van der Waals surface area contributed by atoms with Gasteiger partial charge >= 0.3 is 0 Å². The highest BCUT2D eigenvalue weighted by Crippen LogP contribution is 2.42. The van der Waals surface area contributed by atoms with Gasteiger partial charge in [0.1, 0.15) is 11.6 Å². The Balaban J connectivity index is 2.27. The minimum Gasteiger partial charge on any atom is -0.313 e. The van der Waals surface area contributed by atoms with Crippen LogP contribution in [0.2, 0.25) is 0 Å². The van der Waals surface area contributed by atoms with E-state index in [0.29, 0.717) is 17.4 Å². The molecule has 88 valence electrons. The lowest BCUT2D eigenvalue weighted by Crippen LogP contribution is -2.25. The average Bonchev–Trinajstić information content (AvgIpc) is 3.07. The molecule has 1 aromatic rings. The Morgan fingerprint density at radius 2 is 2.00 bits per heavy atom. The van der Waals surface area contributed by atoms with Crippen molar-refractivity contribution in [2.75, 3.05) is 7.05 Å². The maximum atomic E-state index is 13.6. The van der Waals surface area contributed by atoms with Gasteiger partial charge in [0, 0.05) is 11.6 Å². The molecule has 1 nitrogen and oxygen atoms in total. The minimum atomic E-state index is -0.375. The van der Waals surface area contributed by atoms with Crippen molar-refractivity contribution < 1.29 is 8.78 Å². The third-order valence-corrected chi connectivity index (χ3v) is 3.50. The zero-order valence-corrected chi connectivity index (χ0v) is 9.63. The Labute approximate surface area is 94.9 Å². The third-order valence-electron chi connectivity index (χ3n) is 3.50. The van der Waals surface area contributed by atoms with E-state index < -0.39 is 0 Å². The molecule has 1 aliphatic carbocycles. The van der Waals surface area contributed by atoms with E-state index in [1.807, 2.05) is 0 Å². The normalized spacial score (nSPS) is 19.5. The van der Waals surface area contributed by atoms with E-state index in [1.54, 1.807) is 7.05 Å². The molecule has 0 spiro atoms. The first-order valence-corrected chi connectivity index (χ1v) is 5.75. The maximum absolute atomic E-state index is 13.6. The van der Waals surface area contributed by atoms with Crippen molar-refractivity contribution in [3.05, 3.63) is 35.4 Å². The van der Waals surface area contributed by atoms with Crippen molar-refractivity contribution in [2.24, 2.45) is 11.8 Å². The zero-order chi connectivity index (χ0) is 11.7. The molecule has 1 aliphatic rings. The largest absolute Gasteiger partial charge is 0.313 e. The Morgan fingerprint density at radius 1 is 1.31 bits per heavy atom.